The highest BCUT2D eigenvalue weighted by Gasteiger charge is 2.13. The minimum atomic E-state index is 0.0661. The molecule has 2 N–H and O–H groups in total. The van der Waals surface area contributed by atoms with Crippen LogP contribution in [-0.4, -0.2) is 43.0 Å². The Hall–Kier alpha value is -1.14. The highest BCUT2D eigenvalue weighted by Crippen LogP contribution is 2.24. The fourth-order valence-corrected chi connectivity index (χ4v) is 2.48. The highest BCUT2D eigenvalue weighted by atomic mass is 79.9. The van der Waals surface area contributed by atoms with E-state index in [4.69, 9.17) is 18.0 Å². The molecule has 19 heavy (non-hydrogen) atoms. The maximum absolute atomic E-state index is 11.8. The van der Waals surface area contributed by atoms with Gasteiger partial charge in [-0.3, -0.25) is 4.79 Å². The number of halogens is 1. The molecule has 0 saturated heterocycles. The van der Waals surface area contributed by atoms with E-state index >= 15 is 0 Å². The molecule has 0 spiro atoms. The van der Waals surface area contributed by atoms with Gasteiger partial charge in [-0.25, -0.2) is 0 Å². The van der Waals surface area contributed by atoms with Crippen molar-refractivity contribution in [1.82, 2.24) is 4.90 Å². The summed E-state index contributed by atoms with van der Waals surface area (Å²) in [7, 11) is 3.50. The molecular weight excluding hydrogens is 326 g/mol. The van der Waals surface area contributed by atoms with E-state index in [9.17, 15) is 4.79 Å². The van der Waals surface area contributed by atoms with E-state index in [1.807, 2.05) is 30.0 Å². The van der Waals surface area contributed by atoms with Crippen LogP contribution in [0.3, 0.4) is 0 Å². The third-order valence-electron chi connectivity index (χ3n) is 2.79. The predicted molar refractivity (Wildman–Crippen MR) is 86.6 cm³/mol. The predicted octanol–water partition coefficient (Wildman–Crippen LogP) is 2.00. The van der Waals surface area contributed by atoms with E-state index in [0.29, 0.717) is 11.5 Å². The molecule has 0 fully saturated rings. The second-order valence-electron chi connectivity index (χ2n) is 4.33. The average molecular weight is 344 g/mol. The largest absolute Gasteiger partial charge is 0.389 e. The highest BCUT2D eigenvalue weighted by molar-refractivity contribution is 9.10. The molecule has 0 aromatic heterocycles. The Morgan fingerprint density at radius 3 is 2.47 bits per heavy atom. The topological polar surface area (TPSA) is 49.6 Å². The molecule has 0 radical (unpaired) electrons. The molecule has 4 nitrogen and oxygen atoms in total. The zero-order valence-electron chi connectivity index (χ0n) is 11.3. The summed E-state index contributed by atoms with van der Waals surface area (Å²) in [4.78, 5) is 15.7. The number of nitrogens with two attached hydrogens (primary N) is 1. The summed E-state index contributed by atoms with van der Waals surface area (Å²) in [6, 6.07) is 5.72. The third kappa shape index (κ3) is 4.18. The number of nitrogens with zero attached hydrogens (tertiary/aromatic N) is 2. The van der Waals surface area contributed by atoms with Gasteiger partial charge in [-0.1, -0.05) is 12.2 Å². The zero-order valence-corrected chi connectivity index (χ0v) is 13.7. The van der Waals surface area contributed by atoms with Crippen LogP contribution in [0.25, 0.3) is 0 Å². The molecule has 1 amide bonds. The maximum atomic E-state index is 11.8. The number of rotatable bonds is 5. The molecule has 0 aliphatic heterocycles. The van der Waals surface area contributed by atoms with E-state index in [2.05, 4.69) is 15.9 Å². The summed E-state index contributed by atoms with van der Waals surface area (Å²) in [5.41, 5.74) is 7.38. The average Bonchev–Trinajstić information content (AvgIpc) is 2.34. The van der Waals surface area contributed by atoms with Gasteiger partial charge in [-0.2, -0.15) is 0 Å². The Morgan fingerprint density at radius 2 is 2.05 bits per heavy atom. The van der Waals surface area contributed by atoms with Gasteiger partial charge in [-0.05, 0) is 41.1 Å². The number of amides is 1. The molecule has 6 heteroatoms. The van der Waals surface area contributed by atoms with Crippen molar-refractivity contribution in [2.24, 2.45) is 5.73 Å². The summed E-state index contributed by atoms with van der Waals surface area (Å²) in [6.07, 6.45) is 0. The summed E-state index contributed by atoms with van der Waals surface area (Å²) in [6.45, 7) is 3.11. The van der Waals surface area contributed by atoms with Gasteiger partial charge in [0, 0.05) is 36.4 Å². The summed E-state index contributed by atoms with van der Waals surface area (Å²) in [5.74, 6) is 0.0661. The minimum Gasteiger partial charge on any atom is -0.389 e. The van der Waals surface area contributed by atoms with Gasteiger partial charge in [-0.15, -0.1) is 0 Å². The van der Waals surface area contributed by atoms with Crippen LogP contribution in [0.1, 0.15) is 12.5 Å². The van der Waals surface area contributed by atoms with E-state index in [1.165, 1.54) is 0 Å². The molecule has 0 aliphatic carbocycles. The smallest absolute Gasteiger partial charge is 0.241 e. The minimum absolute atomic E-state index is 0.0661. The van der Waals surface area contributed by atoms with Gasteiger partial charge in [0.1, 0.15) is 4.99 Å². The van der Waals surface area contributed by atoms with Crippen LogP contribution in [0, 0.1) is 0 Å². The lowest BCUT2D eigenvalue weighted by atomic mass is 10.2. The molecule has 1 aromatic carbocycles. The van der Waals surface area contributed by atoms with Gasteiger partial charge in [0.15, 0.2) is 0 Å². The second kappa shape index (κ2) is 6.86. The van der Waals surface area contributed by atoms with Crippen LogP contribution in [0.2, 0.25) is 0 Å². The lowest BCUT2D eigenvalue weighted by molar-refractivity contribution is -0.127. The van der Waals surface area contributed by atoms with Crippen LogP contribution >= 0.6 is 28.1 Å². The lowest BCUT2D eigenvalue weighted by Crippen LogP contribution is -2.36. The third-order valence-corrected chi connectivity index (χ3v) is 3.67. The number of hydrogen-bond donors (Lipinski definition) is 1. The van der Waals surface area contributed by atoms with E-state index in [0.717, 1.165) is 22.3 Å². The Kier molecular flexibility index (Phi) is 5.75. The van der Waals surface area contributed by atoms with Crippen molar-refractivity contribution in [3.8, 4) is 0 Å². The Labute approximate surface area is 127 Å². The first-order valence-corrected chi connectivity index (χ1v) is 7.11. The van der Waals surface area contributed by atoms with Crippen molar-refractivity contribution in [2.75, 3.05) is 32.1 Å². The van der Waals surface area contributed by atoms with Crippen molar-refractivity contribution >= 4 is 44.7 Å². The molecule has 0 heterocycles. The van der Waals surface area contributed by atoms with E-state index in [-0.39, 0.29) is 5.91 Å². The van der Waals surface area contributed by atoms with Crippen LogP contribution < -0.4 is 10.6 Å². The molecule has 104 valence electrons. The van der Waals surface area contributed by atoms with Crippen molar-refractivity contribution in [3.05, 3.63) is 28.2 Å². The van der Waals surface area contributed by atoms with Crippen molar-refractivity contribution in [3.63, 3.8) is 0 Å². The van der Waals surface area contributed by atoms with Crippen LogP contribution in [-0.2, 0) is 4.79 Å². The van der Waals surface area contributed by atoms with E-state index < -0.39 is 0 Å². The van der Waals surface area contributed by atoms with Crippen LogP contribution in [0.15, 0.2) is 22.7 Å². The fourth-order valence-electron chi connectivity index (χ4n) is 1.59. The first kappa shape index (κ1) is 15.9. The molecule has 1 rings (SSSR count). The standard InChI is InChI=1S/C13H18BrN3OS/c1-4-17(8-12(18)16(2)3)9-5-6-10(13(15)19)11(14)7-9/h5-7H,4,8H2,1-3H3,(H2,15,19). The molecule has 0 bridgehead atoms. The van der Waals surface area contributed by atoms with Gasteiger partial charge in [0.05, 0.1) is 6.54 Å². The van der Waals surface area contributed by atoms with Gasteiger partial charge < -0.3 is 15.5 Å². The number of likely N-dealkylation sites (N-methyl/N-ethyl adjacent to an activating group) is 2. The molecule has 1 aromatic rings. The Bertz CT molecular complexity index is 491. The number of benzene rings is 1. The first-order chi connectivity index (χ1) is 8.86. The van der Waals surface area contributed by atoms with Gasteiger partial charge in [0.25, 0.3) is 0 Å². The second-order valence-corrected chi connectivity index (χ2v) is 5.62. The SMILES string of the molecule is CCN(CC(=O)N(C)C)c1ccc(C(N)=S)c(Br)c1. The van der Waals surface area contributed by atoms with Crippen molar-refractivity contribution in [2.45, 2.75) is 6.92 Å². The summed E-state index contributed by atoms with van der Waals surface area (Å²) >= 11 is 8.42. The Balaban J connectivity index is 2.97. The number of thiocarbonyl (C=S) groups is 1. The summed E-state index contributed by atoms with van der Waals surface area (Å²) < 4.78 is 0.841. The van der Waals surface area contributed by atoms with Crippen molar-refractivity contribution < 1.29 is 4.79 Å². The first-order valence-electron chi connectivity index (χ1n) is 5.91. The maximum Gasteiger partial charge on any atom is 0.241 e. The van der Waals surface area contributed by atoms with Gasteiger partial charge in [0.2, 0.25) is 5.91 Å². The van der Waals surface area contributed by atoms with Crippen LogP contribution in [0.5, 0.6) is 0 Å². The van der Waals surface area contributed by atoms with Gasteiger partial charge >= 0.3 is 0 Å². The fraction of sp³-hybridized carbons (Fsp3) is 0.385. The number of hydrogen-bond acceptors (Lipinski definition) is 3. The normalized spacial score (nSPS) is 10.1. The molecule has 0 saturated carbocycles. The molecule has 0 atom stereocenters. The number of carbonyl (C=O) groups is 1. The monoisotopic (exact) mass is 343 g/mol. The quantitative estimate of drug-likeness (QED) is 0.830. The summed E-state index contributed by atoms with van der Waals surface area (Å²) in [5, 5.41) is 0. The number of anilines is 1. The number of carbonyl (C=O) groups excluding carboxylic acids is 1. The molecular formula is C13H18BrN3OS. The zero-order chi connectivity index (χ0) is 14.6. The Morgan fingerprint density at radius 1 is 1.42 bits per heavy atom. The van der Waals surface area contributed by atoms with E-state index in [1.54, 1.807) is 19.0 Å². The molecule has 0 unspecified atom stereocenters. The molecule has 0 aliphatic rings. The van der Waals surface area contributed by atoms with Crippen molar-refractivity contribution in [1.29, 1.82) is 0 Å². The lowest BCUT2D eigenvalue weighted by Gasteiger charge is -2.24. The van der Waals surface area contributed by atoms with Crippen LogP contribution in [0.4, 0.5) is 5.69 Å².